The van der Waals surface area contributed by atoms with Crippen molar-refractivity contribution in [2.24, 2.45) is 11.3 Å². The van der Waals surface area contributed by atoms with Crippen LogP contribution in [0.25, 0.3) is 0 Å². The zero-order chi connectivity index (χ0) is 27.5. The number of phenols is 2. The van der Waals surface area contributed by atoms with Crippen molar-refractivity contribution < 1.29 is 29.3 Å². The lowest BCUT2D eigenvalue weighted by Gasteiger charge is -2.40. The van der Waals surface area contributed by atoms with E-state index in [1.165, 1.54) is 24.6 Å². The largest absolute Gasteiger partial charge is 0.504 e. The van der Waals surface area contributed by atoms with E-state index in [4.69, 9.17) is 4.74 Å². The van der Waals surface area contributed by atoms with E-state index in [1.54, 1.807) is 16.7 Å². The molecule has 0 bridgehead atoms. The summed E-state index contributed by atoms with van der Waals surface area (Å²) in [7, 11) is 0. The number of unbranched alkanes of at least 4 members (excludes halogenated alkanes) is 1. The summed E-state index contributed by atoms with van der Waals surface area (Å²) >= 11 is 1.73. The molecular weight excluding hydrogens is 504 g/mol. The van der Waals surface area contributed by atoms with Crippen LogP contribution in [0.2, 0.25) is 0 Å². The van der Waals surface area contributed by atoms with E-state index in [2.05, 4.69) is 26.1 Å². The van der Waals surface area contributed by atoms with Crippen LogP contribution in [0.3, 0.4) is 0 Å². The van der Waals surface area contributed by atoms with Crippen LogP contribution in [-0.4, -0.2) is 68.6 Å². The fourth-order valence-corrected chi connectivity index (χ4v) is 7.55. The van der Waals surface area contributed by atoms with Gasteiger partial charge in [0.05, 0.1) is 0 Å². The minimum atomic E-state index is -1.13. The third-order valence-corrected chi connectivity index (χ3v) is 9.71. The van der Waals surface area contributed by atoms with E-state index in [1.807, 2.05) is 0 Å². The minimum Gasteiger partial charge on any atom is -0.504 e. The first-order valence-electron chi connectivity index (χ1n) is 14.0. The van der Waals surface area contributed by atoms with Crippen molar-refractivity contribution in [2.45, 2.75) is 96.2 Å². The molecule has 3 fully saturated rings. The van der Waals surface area contributed by atoms with Gasteiger partial charge in [-0.1, -0.05) is 33.6 Å². The second-order valence-electron chi connectivity index (χ2n) is 11.8. The van der Waals surface area contributed by atoms with Gasteiger partial charge < -0.3 is 25.2 Å². The number of benzene rings is 1. The highest BCUT2D eigenvalue weighted by Gasteiger charge is 2.49. The highest BCUT2D eigenvalue weighted by molar-refractivity contribution is 7.99. The minimum absolute atomic E-state index is 0.126. The number of hydrogen-bond donors (Lipinski definition) is 3. The van der Waals surface area contributed by atoms with Gasteiger partial charge in [-0.2, -0.15) is 11.8 Å². The Balaban J connectivity index is 1.46. The normalized spacial score (nSPS) is 26.2. The van der Waals surface area contributed by atoms with Crippen LogP contribution in [-0.2, 0) is 14.3 Å². The van der Waals surface area contributed by atoms with Crippen molar-refractivity contribution in [3.8, 4) is 11.5 Å². The summed E-state index contributed by atoms with van der Waals surface area (Å²) in [5.41, 5.74) is -0.842. The fourth-order valence-electron chi connectivity index (χ4n) is 6.36. The standard InChI is InChI=1S/C29H42N2O6S/c1-4-5-7-20-17-21(18-28(20,2)3)37-26(35)22-8-6-13-31(22)27(36)29(11-14-38-15-12-29)30-25(34)19-9-10-23(32)24(33)16-19/h9-10,16,20-22,32-33H,4-8,11-15,17-18H2,1-3H3,(H,30,34). The molecule has 3 aliphatic rings. The Morgan fingerprint density at radius 3 is 2.58 bits per heavy atom. The summed E-state index contributed by atoms with van der Waals surface area (Å²) in [6, 6.07) is 3.21. The second kappa shape index (κ2) is 11.8. The van der Waals surface area contributed by atoms with Crippen molar-refractivity contribution in [3.63, 3.8) is 0 Å². The molecule has 0 aromatic heterocycles. The molecule has 3 atom stereocenters. The molecular formula is C29H42N2O6S. The molecule has 8 nitrogen and oxygen atoms in total. The number of amides is 2. The van der Waals surface area contributed by atoms with Crippen LogP contribution < -0.4 is 5.32 Å². The van der Waals surface area contributed by atoms with Gasteiger partial charge in [0.2, 0.25) is 5.91 Å². The Morgan fingerprint density at radius 1 is 1.16 bits per heavy atom. The van der Waals surface area contributed by atoms with Gasteiger partial charge in [0, 0.05) is 12.1 Å². The highest BCUT2D eigenvalue weighted by Crippen LogP contribution is 2.46. The summed E-state index contributed by atoms with van der Waals surface area (Å²) in [5.74, 6) is 0.181. The van der Waals surface area contributed by atoms with E-state index in [9.17, 15) is 24.6 Å². The molecule has 0 radical (unpaired) electrons. The number of thioether (sulfide) groups is 1. The molecule has 210 valence electrons. The van der Waals surface area contributed by atoms with Gasteiger partial charge in [-0.3, -0.25) is 9.59 Å². The van der Waals surface area contributed by atoms with Gasteiger partial charge in [0.15, 0.2) is 11.5 Å². The summed E-state index contributed by atoms with van der Waals surface area (Å²) in [6.07, 6.45) is 7.25. The van der Waals surface area contributed by atoms with Gasteiger partial charge in [0.25, 0.3) is 5.91 Å². The maximum Gasteiger partial charge on any atom is 0.329 e. The number of likely N-dealkylation sites (tertiary alicyclic amines) is 1. The van der Waals surface area contributed by atoms with Gasteiger partial charge in [0.1, 0.15) is 17.7 Å². The smallest absolute Gasteiger partial charge is 0.329 e. The van der Waals surface area contributed by atoms with E-state index in [-0.39, 0.29) is 34.7 Å². The number of nitrogens with zero attached hydrogens (tertiary/aromatic N) is 1. The van der Waals surface area contributed by atoms with Crippen LogP contribution in [0.4, 0.5) is 0 Å². The van der Waals surface area contributed by atoms with Crippen molar-refractivity contribution >= 4 is 29.5 Å². The van der Waals surface area contributed by atoms with E-state index in [0.29, 0.717) is 49.7 Å². The monoisotopic (exact) mass is 546 g/mol. The summed E-state index contributed by atoms with van der Waals surface area (Å²) in [6.45, 7) is 7.17. The molecule has 1 saturated carbocycles. The lowest BCUT2D eigenvalue weighted by Crippen LogP contribution is -2.62. The Morgan fingerprint density at radius 2 is 1.89 bits per heavy atom. The van der Waals surface area contributed by atoms with E-state index >= 15 is 0 Å². The van der Waals surface area contributed by atoms with Crippen LogP contribution >= 0.6 is 11.8 Å². The first kappa shape index (κ1) is 28.6. The SMILES string of the molecule is CCCCC1CC(OC(=O)C2CCCN2C(=O)C2(NC(=O)c3ccc(O)c(O)c3)CCSCC2)CC1(C)C. The number of carbonyl (C=O) groups excluding carboxylic acids is 3. The zero-order valence-corrected chi connectivity index (χ0v) is 23.6. The average molecular weight is 547 g/mol. The third kappa shape index (κ3) is 6.08. The third-order valence-electron chi connectivity index (χ3n) is 8.73. The van der Waals surface area contributed by atoms with Crippen molar-refractivity contribution in [3.05, 3.63) is 23.8 Å². The molecule has 3 unspecified atom stereocenters. The number of ether oxygens (including phenoxy) is 1. The molecule has 1 aliphatic carbocycles. The second-order valence-corrected chi connectivity index (χ2v) is 13.1. The quantitative estimate of drug-likeness (QED) is 0.322. The number of hydrogen-bond acceptors (Lipinski definition) is 7. The van der Waals surface area contributed by atoms with E-state index in [0.717, 1.165) is 25.7 Å². The molecule has 2 aliphatic heterocycles. The van der Waals surface area contributed by atoms with Gasteiger partial charge in [-0.05, 0) is 86.0 Å². The van der Waals surface area contributed by atoms with Gasteiger partial charge in [-0.25, -0.2) is 4.79 Å². The lowest BCUT2D eigenvalue weighted by molar-refractivity contribution is -0.159. The van der Waals surface area contributed by atoms with Crippen LogP contribution in [0.15, 0.2) is 18.2 Å². The maximum atomic E-state index is 14.0. The molecule has 2 amide bonds. The molecule has 0 spiro atoms. The number of esters is 1. The number of aromatic hydroxyl groups is 2. The topological polar surface area (TPSA) is 116 Å². The molecule has 38 heavy (non-hydrogen) atoms. The first-order chi connectivity index (χ1) is 18.1. The van der Waals surface area contributed by atoms with Crippen LogP contribution in [0.1, 0.15) is 88.9 Å². The molecule has 1 aromatic rings. The number of rotatable bonds is 8. The average Bonchev–Trinajstić information content (AvgIpc) is 3.48. The highest BCUT2D eigenvalue weighted by atomic mass is 32.2. The molecule has 2 heterocycles. The van der Waals surface area contributed by atoms with Gasteiger partial charge in [-0.15, -0.1) is 0 Å². The maximum absolute atomic E-state index is 14.0. The molecule has 2 saturated heterocycles. The number of phenolic OH excluding ortho intramolecular Hbond substituents is 2. The zero-order valence-electron chi connectivity index (χ0n) is 22.8. The molecule has 3 N–H and O–H groups in total. The van der Waals surface area contributed by atoms with Crippen LogP contribution in [0, 0.1) is 11.3 Å². The molecule has 4 rings (SSSR count). The summed E-state index contributed by atoms with van der Waals surface area (Å²) in [4.78, 5) is 42.2. The van der Waals surface area contributed by atoms with Gasteiger partial charge >= 0.3 is 5.97 Å². The lowest BCUT2D eigenvalue weighted by atomic mass is 9.79. The van der Waals surface area contributed by atoms with Crippen molar-refractivity contribution in [1.82, 2.24) is 10.2 Å². The molecule has 9 heteroatoms. The Bertz CT molecular complexity index is 1040. The first-order valence-corrected chi connectivity index (χ1v) is 15.2. The predicted octanol–water partition coefficient (Wildman–Crippen LogP) is 4.62. The molecule has 1 aromatic carbocycles. The number of carbonyl (C=O) groups is 3. The Hall–Kier alpha value is -2.42. The Labute approximate surface area is 229 Å². The van der Waals surface area contributed by atoms with Crippen LogP contribution in [0.5, 0.6) is 11.5 Å². The summed E-state index contributed by atoms with van der Waals surface area (Å²) in [5, 5.41) is 22.4. The van der Waals surface area contributed by atoms with E-state index < -0.39 is 23.2 Å². The Kier molecular flexibility index (Phi) is 8.85. The van der Waals surface area contributed by atoms with Crippen molar-refractivity contribution in [1.29, 1.82) is 0 Å². The van der Waals surface area contributed by atoms with Crippen molar-refractivity contribution in [2.75, 3.05) is 18.1 Å². The summed E-state index contributed by atoms with van der Waals surface area (Å²) < 4.78 is 6.04. The number of nitrogens with one attached hydrogen (secondary N) is 1. The fraction of sp³-hybridized carbons (Fsp3) is 0.690. The predicted molar refractivity (Wildman–Crippen MR) is 147 cm³/mol.